The first-order valence-corrected chi connectivity index (χ1v) is 10.6. The lowest BCUT2D eigenvalue weighted by atomic mass is 10.0. The molecule has 0 fully saturated rings. The summed E-state index contributed by atoms with van der Waals surface area (Å²) in [5.74, 6) is 0.367. The number of hydrogen-bond acceptors (Lipinski definition) is 6. The van der Waals surface area contributed by atoms with Crippen LogP contribution in [0.25, 0.3) is 6.08 Å². The van der Waals surface area contributed by atoms with Gasteiger partial charge >= 0.3 is 6.09 Å². The van der Waals surface area contributed by atoms with Gasteiger partial charge in [0.1, 0.15) is 16.8 Å². The lowest BCUT2D eigenvalue weighted by molar-refractivity contribution is -0.111. The number of fused-ring (bicyclic) bond motifs is 1. The molecule has 0 saturated heterocycles. The van der Waals surface area contributed by atoms with Crippen LogP contribution in [0.4, 0.5) is 9.80 Å². The van der Waals surface area contributed by atoms with Crippen molar-refractivity contribution in [1.82, 2.24) is 4.90 Å². The Morgan fingerprint density at radius 3 is 2.83 bits per heavy atom. The van der Waals surface area contributed by atoms with Crippen LogP contribution in [0.15, 0.2) is 30.3 Å². The minimum Gasteiger partial charge on any atom is -0.493 e. The van der Waals surface area contributed by atoms with Crippen molar-refractivity contribution in [2.24, 2.45) is 0 Å². The molecule has 0 aliphatic carbocycles. The number of carbonyl (C=O) groups is 2. The third-order valence-corrected chi connectivity index (χ3v) is 5.70. The van der Waals surface area contributed by atoms with E-state index in [-0.39, 0.29) is 12.0 Å². The van der Waals surface area contributed by atoms with Gasteiger partial charge in [0.05, 0.1) is 25.3 Å². The van der Waals surface area contributed by atoms with Crippen LogP contribution in [-0.4, -0.2) is 36.7 Å². The van der Waals surface area contributed by atoms with E-state index in [2.05, 4.69) is 11.4 Å². The van der Waals surface area contributed by atoms with Crippen molar-refractivity contribution in [3.8, 4) is 11.8 Å². The highest BCUT2D eigenvalue weighted by molar-refractivity contribution is 7.16. The topological polar surface area (TPSA) is 91.7 Å². The third kappa shape index (κ3) is 4.81. The summed E-state index contributed by atoms with van der Waals surface area (Å²) < 4.78 is 10.6. The van der Waals surface area contributed by atoms with Gasteiger partial charge in [0, 0.05) is 23.1 Å². The molecule has 156 valence electrons. The monoisotopic (exact) mass is 425 g/mol. The lowest BCUT2D eigenvalue weighted by Crippen LogP contribution is -2.35. The molecule has 2 aromatic rings. The summed E-state index contributed by atoms with van der Waals surface area (Å²) in [6.07, 6.45) is 3.29. The quantitative estimate of drug-likeness (QED) is 0.701. The van der Waals surface area contributed by atoms with Gasteiger partial charge < -0.3 is 19.7 Å². The standard InChI is InChI=1S/C22H23N3O4S/c1-3-28-18-8-6-5-7-15(18)9-10-20(26)24-21-17(13-23)16-11-12-25(14-19(16)30-21)22(27)29-4-2/h5-10H,3-4,11-12,14H2,1-2H3,(H,24,26). The van der Waals surface area contributed by atoms with Gasteiger partial charge in [0.2, 0.25) is 5.91 Å². The average Bonchev–Trinajstić information content (AvgIpc) is 3.09. The van der Waals surface area contributed by atoms with Gasteiger partial charge in [-0.2, -0.15) is 5.26 Å². The van der Waals surface area contributed by atoms with E-state index in [0.717, 1.165) is 16.0 Å². The molecule has 1 N–H and O–H groups in total. The van der Waals surface area contributed by atoms with E-state index in [4.69, 9.17) is 9.47 Å². The number of nitrogens with zero attached hydrogens (tertiary/aromatic N) is 2. The summed E-state index contributed by atoms with van der Waals surface area (Å²) in [6.45, 7) is 5.38. The zero-order chi connectivity index (χ0) is 21.5. The van der Waals surface area contributed by atoms with Crippen LogP contribution < -0.4 is 10.1 Å². The van der Waals surface area contributed by atoms with Gasteiger partial charge in [-0.1, -0.05) is 18.2 Å². The van der Waals surface area contributed by atoms with E-state index in [1.807, 2.05) is 31.2 Å². The Morgan fingerprint density at radius 1 is 1.30 bits per heavy atom. The summed E-state index contributed by atoms with van der Waals surface area (Å²) in [5, 5.41) is 12.9. The van der Waals surface area contributed by atoms with Crippen LogP contribution in [0.2, 0.25) is 0 Å². The van der Waals surface area contributed by atoms with Crippen molar-refractivity contribution in [3.63, 3.8) is 0 Å². The minimum absolute atomic E-state index is 0.316. The SMILES string of the molecule is CCOC(=O)N1CCc2c(sc(NC(=O)C=Cc3ccccc3OCC)c2C#N)C1. The van der Waals surface area contributed by atoms with E-state index >= 15 is 0 Å². The maximum atomic E-state index is 12.5. The predicted octanol–water partition coefficient (Wildman–Crippen LogP) is 4.18. The van der Waals surface area contributed by atoms with Crippen molar-refractivity contribution in [2.45, 2.75) is 26.8 Å². The molecule has 1 aliphatic heterocycles. The Kier molecular flexibility index (Phi) is 7.09. The van der Waals surface area contributed by atoms with E-state index in [9.17, 15) is 14.9 Å². The van der Waals surface area contributed by atoms with Crippen molar-refractivity contribution < 1.29 is 19.1 Å². The summed E-state index contributed by atoms with van der Waals surface area (Å²) in [5.41, 5.74) is 2.16. The molecular formula is C22H23N3O4S. The number of thiophene rings is 1. The second-order valence-corrected chi connectivity index (χ2v) is 7.59. The van der Waals surface area contributed by atoms with Crippen molar-refractivity contribution in [3.05, 3.63) is 51.9 Å². The second-order valence-electron chi connectivity index (χ2n) is 6.48. The lowest BCUT2D eigenvalue weighted by Gasteiger charge is -2.25. The molecule has 1 aliphatic rings. The number of anilines is 1. The molecule has 30 heavy (non-hydrogen) atoms. The number of hydrogen-bond donors (Lipinski definition) is 1. The number of rotatable bonds is 6. The molecule has 7 nitrogen and oxygen atoms in total. The zero-order valence-electron chi connectivity index (χ0n) is 16.9. The van der Waals surface area contributed by atoms with Crippen LogP contribution in [0.3, 0.4) is 0 Å². The second kappa shape index (κ2) is 9.94. The maximum Gasteiger partial charge on any atom is 0.410 e. The fraction of sp³-hybridized carbons (Fsp3) is 0.318. The largest absolute Gasteiger partial charge is 0.493 e. The van der Waals surface area contributed by atoms with Gasteiger partial charge in [-0.15, -0.1) is 11.3 Å². The molecule has 0 bridgehead atoms. The molecule has 0 saturated carbocycles. The van der Waals surface area contributed by atoms with E-state index in [0.29, 0.717) is 49.0 Å². The molecule has 1 aromatic carbocycles. The predicted molar refractivity (Wildman–Crippen MR) is 115 cm³/mol. The molecule has 2 heterocycles. The maximum absolute atomic E-state index is 12.5. The first kappa shape index (κ1) is 21.4. The van der Waals surface area contributed by atoms with Crippen LogP contribution in [0, 0.1) is 11.3 Å². The normalized spacial score (nSPS) is 12.9. The number of ether oxygens (including phenoxy) is 2. The Hall–Kier alpha value is -3.31. The summed E-state index contributed by atoms with van der Waals surface area (Å²) in [4.78, 5) is 27.0. The number of benzene rings is 1. The van der Waals surface area contributed by atoms with Crippen molar-refractivity contribution in [1.29, 1.82) is 5.26 Å². The molecule has 0 radical (unpaired) electrons. The van der Waals surface area contributed by atoms with Gasteiger partial charge in [-0.05, 0) is 38.0 Å². The van der Waals surface area contributed by atoms with E-state index in [1.54, 1.807) is 17.9 Å². The fourth-order valence-electron chi connectivity index (χ4n) is 3.20. The minimum atomic E-state index is -0.364. The first-order valence-electron chi connectivity index (χ1n) is 9.74. The number of carbonyl (C=O) groups excluding carboxylic acids is 2. The Morgan fingerprint density at radius 2 is 2.10 bits per heavy atom. The van der Waals surface area contributed by atoms with E-state index in [1.165, 1.54) is 17.4 Å². The first-order chi connectivity index (χ1) is 14.6. The fourth-order valence-corrected chi connectivity index (χ4v) is 4.42. The van der Waals surface area contributed by atoms with Gasteiger partial charge in [-0.25, -0.2) is 4.79 Å². The smallest absolute Gasteiger partial charge is 0.410 e. The number of nitriles is 1. The Balaban J connectivity index is 1.74. The molecule has 0 atom stereocenters. The molecule has 0 unspecified atom stereocenters. The highest BCUT2D eigenvalue weighted by Crippen LogP contribution is 2.36. The van der Waals surface area contributed by atoms with Gasteiger partial charge in [-0.3, -0.25) is 4.79 Å². The Labute approximate surface area is 179 Å². The van der Waals surface area contributed by atoms with Gasteiger partial charge in [0.15, 0.2) is 0 Å². The third-order valence-electron chi connectivity index (χ3n) is 4.56. The van der Waals surface area contributed by atoms with Crippen molar-refractivity contribution in [2.75, 3.05) is 25.1 Å². The number of nitrogens with one attached hydrogen (secondary N) is 1. The molecule has 8 heteroatoms. The van der Waals surface area contributed by atoms with Gasteiger partial charge in [0.25, 0.3) is 0 Å². The molecule has 1 aromatic heterocycles. The zero-order valence-corrected chi connectivity index (χ0v) is 17.8. The Bertz CT molecular complexity index is 1010. The van der Waals surface area contributed by atoms with Crippen LogP contribution in [0.1, 0.15) is 35.4 Å². The highest BCUT2D eigenvalue weighted by Gasteiger charge is 2.27. The van der Waals surface area contributed by atoms with Crippen LogP contribution in [0.5, 0.6) is 5.75 Å². The van der Waals surface area contributed by atoms with Crippen LogP contribution >= 0.6 is 11.3 Å². The summed E-state index contributed by atoms with van der Waals surface area (Å²) in [6, 6.07) is 9.65. The summed E-state index contributed by atoms with van der Waals surface area (Å²) >= 11 is 1.32. The molecule has 0 spiro atoms. The summed E-state index contributed by atoms with van der Waals surface area (Å²) in [7, 11) is 0. The number of para-hydroxylation sites is 1. The molecule has 3 rings (SSSR count). The molecular weight excluding hydrogens is 402 g/mol. The van der Waals surface area contributed by atoms with Crippen molar-refractivity contribution >= 4 is 34.4 Å². The van der Waals surface area contributed by atoms with E-state index < -0.39 is 0 Å². The highest BCUT2D eigenvalue weighted by atomic mass is 32.1. The van der Waals surface area contributed by atoms with Crippen LogP contribution in [-0.2, 0) is 22.5 Å². The molecule has 2 amide bonds. The average molecular weight is 426 g/mol. The number of amides is 2.